The van der Waals surface area contributed by atoms with Crippen molar-refractivity contribution < 1.29 is 9.90 Å². The van der Waals surface area contributed by atoms with Crippen LogP contribution in [0.2, 0.25) is 5.02 Å². The van der Waals surface area contributed by atoms with Gasteiger partial charge in [-0.15, -0.1) is 0 Å². The van der Waals surface area contributed by atoms with Crippen LogP contribution in [0.25, 0.3) is 10.9 Å². The van der Waals surface area contributed by atoms with E-state index in [-0.39, 0.29) is 11.9 Å². The van der Waals surface area contributed by atoms with E-state index in [1.807, 2.05) is 6.92 Å². The van der Waals surface area contributed by atoms with E-state index in [0.29, 0.717) is 17.1 Å². The first-order chi connectivity index (χ1) is 7.63. The Kier molecular flexibility index (Phi) is 2.75. The molecule has 2 N–H and O–H groups in total. The first kappa shape index (κ1) is 10.8. The fraction of sp³-hybridized carbons (Fsp3) is 0.182. The number of carbonyl (C=O) groups excluding carboxylic acids is 1. The van der Waals surface area contributed by atoms with E-state index >= 15 is 0 Å². The zero-order chi connectivity index (χ0) is 11.7. The van der Waals surface area contributed by atoms with E-state index in [0.717, 1.165) is 5.39 Å². The average molecular weight is 239 g/mol. The van der Waals surface area contributed by atoms with Crippen molar-refractivity contribution in [1.29, 1.82) is 0 Å². The summed E-state index contributed by atoms with van der Waals surface area (Å²) in [5.74, 6) is -0.0942. The minimum atomic E-state index is -0.350. The van der Waals surface area contributed by atoms with E-state index in [1.54, 1.807) is 18.2 Å². The highest BCUT2D eigenvalue weighted by molar-refractivity contribution is 6.31. The highest BCUT2D eigenvalue weighted by Gasteiger charge is 2.13. The monoisotopic (exact) mass is 238 g/mol. The first-order valence-electron chi connectivity index (χ1n) is 4.91. The maximum atomic E-state index is 11.7. The lowest BCUT2D eigenvalue weighted by Crippen LogP contribution is -2.27. The van der Waals surface area contributed by atoms with Crippen LogP contribution in [0.1, 0.15) is 6.92 Å². The molecule has 0 radical (unpaired) electrons. The molecule has 0 saturated carbocycles. The van der Waals surface area contributed by atoms with Crippen molar-refractivity contribution in [3.8, 4) is 5.88 Å². The Morgan fingerprint density at radius 3 is 2.94 bits per heavy atom. The van der Waals surface area contributed by atoms with Gasteiger partial charge in [0.05, 0.1) is 5.52 Å². The van der Waals surface area contributed by atoms with Gasteiger partial charge < -0.3 is 10.4 Å². The molecule has 0 saturated heterocycles. The number of aromatic hydroxyl groups is 1. The van der Waals surface area contributed by atoms with Crippen molar-refractivity contribution in [2.24, 2.45) is 0 Å². The van der Waals surface area contributed by atoms with Gasteiger partial charge in [-0.05, 0) is 25.1 Å². The summed E-state index contributed by atoms with van der Waals surface area (Å²) in [5.41, 5.74) is 0.632. The third-order valence-electron chi connectivity index (χ3n) is 2.28. The Balaban J connectivity index is 2.60. The minimum absolute atomic E-state index is 0.0942. The Labute approximate surface area is 97.4 Å². The van der Waals surface area contributed by atoms with Crippen molar-refractivity contribution in [3.05, 3.63) is 29.3 Å². The second kappa shape index (κ2) is 4.06. The normalized spacial score (nSPS) is 10.6. The molecule has 0 aliphatic rings. The molecule has 84 valence electrons. The van der Waals surface area contributed by atoms with Crippen molar-refractivity contribution in [1.82, 2.24) is 9.88 Å². The zero-order valence-corrected chi connectivity index (χ0v) is 9.45. The predicted molar refractivity (Wildman–Crippen MR) is 63.1 cm³/mol. The molecule has 4 nitrogen and oxygen atoms in total. The molecular weight excluding hydrogens is 228 g/mol. The van der Waals surface area contributed by atoms with Crippen LogP contribution in [0.3, 0.4) is 0 Å². The van der Waals surface area contributed by atoms with Crippen LogP contribution < -0.4 is 5.32 Å². The molecule has 2 rings (SSSR count). The molecule has 5 heteroatoms. The topological polar surface area (TPSA) is 54.3 Å². The molecule has 1 heterocycles. The molecule has 0 aliphatic carbocycles. The minimum Gasteiger partial charge on any atom is -0.494 e. The summed E-state index contributed by atoms with van der Waals surface area (Å²) in [6, 6.07) is 6.24. The highest BCUT2D eigenvalue weighted by Crippen LogP contribution is 2.26. The Hall–Kier alpha value is -1.68. The molecule has 0 unspecified atom stereocenters. The Morgan fingerprint density at radius 2 is 2.25 bits per heavy atom. The molecule has 0 bridgehead atoms. The number of amides is 1. The molecule has 0 aliphatic heterocycles. The van der Waals surface area contributed by atoms with Gasteiger partial charge in [-0.3, -0.25) is 0 Å². The van der Waals surface area contributed by atoms with Gasteiger partial charge in [-0.1, -0.05) is 11.6 Å². The van der Waals surface area contributed by atoms with Crippen LogP contribution >= 0.6 is 11.6 Å². The first-order valence-corrected chi connectivity index (χ1v) is 5.29. The quantitative estimate of drug-likeness (QED) is 0.802. The van der Waals surface area contributed by atoms with Gasteiger partial charge in [0.25, 0.3) is 0 Å². The van der Waals surface area contributed by atoms with Gasteiger partial charge >= 0.3 is 6.03 Å². The fourth-order valence-corrected chi connectivity index (χ4v) is 1.80. The van der Waals surface area contributed by atoms with Gasteiger partial charge in [-0.25, -0.2) is 9.36 Å². The van der Waals surface area contributed by atoms with Crippen LogP contribution in [0.4, 0.5) is 4.79 Å². The van der Waals surface area contributed by atoms with Gasteiger partial charge in [0.2, 0.25) is 0 Å². The van der Waals surface area contributed by atoms with Gasteiger partial charge in [0, 0.05) is 23.0 Å². The van der Waals surface area contributed by atoms with Gasteiger partial charge in [0.1, 0.15) is 0 Å². The maximum Gasteiger partial charge on any atom is 0.328 e. The number of nitrogens with zero attached hydrogens (tertiary/aromatic N) is 1. The summed E-state index contributed by atoms with van der Waals surface area (Å²) in [5, 5.41) is 13.6. The van der Waals surface area contributed by atoms with Crippen LogP contribution in [0.5, 0.6) is 5.88 Å². The molecule has 0 atom stereocenters. The largest absolute Gasteiger partial charge is 0.494 e. The van der Waals surface area contributed by atoms with Crippen LogP contribution in [0, 0.1) is 0 Å². The molecule has 1 aromatic carbocycles. The standard InChI is InChI=1S/C11H11ClN2O2/c1-2-13-11(16)14-9-4-3-8(12)5-7(9)6-10(14)15/h3-6,15H,2H2,1H3,(H,13,16). The van der Waals surface area contributed by atoms with E-state index in [2.05, 4.69) is 5.32 Å². The summed E-state index contributed by atoms with van der Waals surface area (Å²) in [4.78, 5) is 11.7. The van der Waals surface area contributed by atoms with Crippen LogP contribution in [-0.2, 0) is 0 Å². The predicted octanol–water partition coefficient (Wildman–Crippen LogP) is 2.58. The summed E-state index contributed by atoms with van der Waals surface area (Å²) < 4.78 is 1.22. The van der Waals surface area contributed by atoms with Crippen LogP contribution in [-0.4, -0.2) is 22.2 Å². The Morgan fingerprint density at radius 1 is 1.50 bits per heavy atom. The number of hydrogen-bond donors (Lipinski definition) is 2. The van der Waals surface area contributed by atoms with Crippen molar-refractivity contribution in [3.63, 3.8) is 0 Å². The third-order valence-corrected chi connectivity index (χ3v) is 2.51. The Bertz CT molecular complexity index is 548. The van der Waals surface area contributed by atoms with E-state index in [1.165, 1.54) is 10.6 Å². The number of benzene rings is 1. The van der Waals surface area contributed by atoms with Gasteiger partial charge in [-0.2, -0.15) is 0 Å². The lowest BCUT2D eigenvalue weighted by molar-refractivity contribution is 0.241. The SMILES string of the molecule is CCNC(=O)n1c(O)cc2cc(Cl)ccc21. The highest BCUT2D eigenvalue weighted by atomic mass is 35.5. The van der Waals surface area contributed by atoms with Crippen molar-refractivity contribution in [2.75, 3.05) is 6.54 Å². The number of halogens is 1. The van der Waals surface area contributed by atoms with E-state index in [4.69, 9.17) is 11.6 Å². The van der Waals surface area contributed by atoms with Gasteiger partial charge in [0.15, 0.2) is 5.88 Å². The molecule has 16 heavy (non-hydrogen) atoms. The van der Waals surface area contributed by atoms with Crippen molar-refractivity contribution in [2.45, 2.75) is 6.92 Å². The summed E-state index contributed by atoms with van der Waals surface area (Å²) in [7, 11) is 0. The zero-order valence-electron chi connectivity index (χ0n) is 8.70. The molecular formula is C11H11ClN2O2. The number of fused-ring (bicyclic) bond motifs is 1. The number of carbonyl (C=O) groups is 1. The number of nitrogens with one attached hydrogen (secondary N) is 1. The molecule has 0 fully saturated rings. The lowest BCUT2D eigenvalue weighted by atomic mass is 10.2. The fourth-order valence-electron chi connectivity index (χ4n) is 1.62. The van der Waals surface area contributed by atoms with Crippen LogP contribution in [0.15, 0.2) is 24.3 Å². The van der Waals surface area contributed by atoms with Crippen molar-refractivity contribution >= 4 is 28.5 Å². The maximum absolute atomic E-state index is 11.7. The number of aromatic nitrogens is 1. The summed E-state index contributed by atoms with van der Waals surface area (Å²) in [6.45, 7) is 2.32. The lowest BCUT2D eigenvalue weighted by Gasteiger charge is -2.05. The summed E-state index contributed by atoms with van der Waals surface area (Å²) in [6.07, 6.45) is 0. The second-order valence-electron chi connectivity index (χ2n) is 3.38. The number of hydrogen-bond acceptors (Lipinski definition) is 2. The average Bonchev–Trinajstić information content (AvgIpc) is 2.53. The smallest absolute Gasteiger partial charge is 0.328 e. The summed E-state index contributed by atoms with van der Waals surface area (Å²) >= 11 is 5.83. The third kappa shape index (κ3) is 1.72. The molecule has 0 spiro atoms. The molecule has 1 amide bonds. The molecule has 2 aromatic rings. The van der Waals surface area contributed by atoms with E-state index in [9.17, 15) is 9.90 Å². The molecule has 1 aromatic heterocycles. The second-order valence-corrected chi connectivity index (χ2v) is 3.81. The van der Waals surface area contributed by atoms with E-state index < -0.39 is 0 Å². The number of rotatable bonds is 1.